The van der Waals surface area contributed by atoms with Crippen molar-refractivity contribution in [3.63, 3.8) is 0 Å². The van der Waals surface area contributed by atoms with Crippen molar-refractivity contribution in [2.75, 3.05) is 7.11 Å². The number of carbonyl (C=O) groups excluding carboxylic acids is 1. The van der Waals surface area contributed by atoms with Gasteiger partial charge in [0.2, 0.25) is 0 Å². The Kier molecular flexibility index (Phi) is 4.06. The first-order chi connectivity index (χ1) is 11.2. The maximum absolute atomic E-state index is 12.2. The van der Waals surface area contributed by atoms with Gasteiger partial charge < -0.3 is 9.84 Å². The molecule has 1 heterocycles. The van der Waals surface area contributed by atoms with Crippen molar-refractivity contribution in [1.29, 1.82) is 0 Å². The fourth-order valence-corrected chi connectivity index (χ4v) is 2.34. The Morgan fingerprint density at radius 2 is 1.91 bits per heavy atom. The molecule has 0 amide bonds. The highest BCUT2D eigenvalue weighted by molar-refractivity contribution is 6.08. The highest BCUT2D eigenvalue weighted by Gasteiger charge is 2.05. The van der Waals surface area contributed by atoms with Crippen LogP contribution in [-0.4, -0.2) is 23.0 Å². The van der Waals surface area contributed by atoms with E-state index in [0.29, 0.717) is 16.8 Å². The fraction of sp³-hybridized carbons (Fsp3) is 0.0526. The quantitative estimate of drug-likeness (QED) is 0.587. The van der Waals surface area contributed by atoms with Crippen molar-refractivity contribution >= 4 is 22.8 Å². The van der Waals surface area contributed by atoms with Crippen LogP contribution in [0.1, 0.15) is 15.9 Å². The van der Waals surface area contributed by atoms with Crippen LogP contribution in [0.3, 0.4) is 0 Å². The Morgan fingerprint density at radius 3 is 2.65 bits per heavy atom. The monoisotopic (exact) mass is 305 g/mol. The van der Waals surface area contributed by atoms with E-state index in [2.05, 4.69) is 4.98 Å². The first-order valence-electron chi connectivity index (χ1n) is 7.12. The number of aromatic hydroxyl groups is 1. The average Bonchev–Trinajstić information content (AvgIpc) is 2.61. The lowest BCUT2D eigenvalue weighted by atomic mass is 10.1. The molecule has 1 N–H and O–H groups in total. The van der Waals surface area contributed by atoms with E-state index in [1.165, 1.54) is 6.08 Å². The number of benzene rings is 2. The minimum Gasteiger partial charge on any atom is -0.506 e. The molecule has 0 aliphatic carbocycles. The zero-order valence-corrected chi connectivity index (χ0v) is 12.6. The van der Waals surface area contributed by atoms with Gasteiger partial charge in [-0.25, -0.2) is 0 Å². The third-order valence-corrected chi connectivity index (χ3v) is 3.57. The second-order valence-corrected chi connectivity index (χ2v) is 5.00. The van der Waals surface area contributed by atoms with Gasteiger partial charge in [0.1, 0.15) is 17.0 Å². The van der Waals surface area contributed by atoms with Crippen LogP contribution in [0.2, 0.25) is 0 Å². The molecule has 3 rings (SSSR count). The molecule has 3 aromatic rings. The summed E-state index contributed by atoms with van der Waals surface area (Å²) in [7, 11) is 1.58. The van der Waals surface area contributed by atoms with Crippen LogP contribution in [0.5, 0.6) is 11.5 Å². The zero-order valence-electron chi connectivity index (χ0n) is 12.6. The number of hydrogen-bond acceptors (Lipinski definition) is 4. The number of phenols is 1. The van der Waals surface area contributed by atoms with Gasteiger partial charge in [-0.3, -0.25) is 9.78 Å². The molecule has 0 aliphatic rings. The molecule has 4 nitrogen and oxygen atoms in total. The van der Waals surface area contributed by atoms with Crippen LogP contribution >= 0.6 is 0 Å². The van der Waals surface area contributed by atoms with E-state index in [9.17, 15) is 9.90 Å². The fourth-order valence-electron chi connectivity index (χ4n) is 2.34. The highest BCUT2D eigenvalue weighted by Crippen LogP contribution is 2.26. The number of ketones is 1. The van der Waals surface area contributed by atoms with Crippen molar-refractivity contribution in [1.82, 2.24) is 4.98 Å². The predicted molar refractivity (Wildman–Crippen MR) is 89.8 cm³/mol. The maximum Gasteiger partial charge on any atom is 0.185 e. The minimum atomic E-state index is -0.0993. The minimum absolute atomic E-state index is 0.0993. The van der Waals surface area contributed by atoms with E-state index in [1.54, 1.807) is 61.8 Å². The molecule has 114 valence electrons. The second kappa shape index (κ2) is 6.32. The molecule has 0 bridgehead atoms. The van der Waals surface area contributed by atoms with E-state index in [1.807, 2.05) is 6.07 Å². The number of pyridine rings is 1. The lowest BCUT2D eigenvalue weighted by Gasteiger charge is -2.03. The van der Waals surface area contributed by atoms with Crippen molar-refractivity contribution in [2.24, 2.45) is 0 Å². The highest BCUT2D eigenvalue weighted by atomic mass is 16.5. The number of aromatic nitrogens is 1. The van der Waals surface area contributed by atoms with Gasteiger partial charge >= 0.3 is 0 Å². The molecule has 0 saturated heterocycles. The second-order valence-electron chi connectivity index (χ2n) is 5.00. The number of hydrogen-bond donors (Lipinski definition) is 1. The number of phenolic OH excluding ortho intramolecular Hbond substituents is 1. The lowest BCUT2D eigenvalue weighted by molar-refractivity contribution is 0.104. The summed E-state index contributed by atoms with van der Waals surface area (Å²) in [5.41, 5.74) is 1.93. The number of allylic oxidation sites excluding steroid dienone is 1. The molecular weight excluding hydrogens is 290 g/mol. The standard InChI is InChI=1S/C19H15NO3/c1-23-15-8-4-14(5-9-15)17(21)10-6-13-7-11-18(22)19-16(13)3-2-12-20-19/h2-12,22H,1H3. The Bertz CT molecular complexity index is 883. The van der Waals surface area contributed by atoms with Crippen molar-refractivity contribution in [2.45, 2.75) is 0 Å². The maximum atomic E-state index is 12.2. The Balaban J connectivity index is 1.90. The SMILES string of the molecule is COc1ccc(C(=O)C=Cc2ccc(O)c3ncccc23)cc1. The number of ether oxygens (including phenoxy) is 1. The molecule has 0 atom stereocenters. The van der Waals surface area contributed by atoms with Crippen molar-refractivity contribution in [3.8, 4) is 11.5 Å². The Hall–Kier alpha value is -3.14. The summed E-state index contributed by atoms with van der Waals surface area (Å²) in [5.74, 6) is 0.734. The van der Waals surface area contributed by atoms with Gasteiger partial charge in [0.05, 0.1) is 7.11 Å². The number of carbonyl (C=O) groups is 1. The molecule has 4 heteroatoms. The smallest absolute Gasteiger partial charge is 0.185 e. The largest absolute Gasteiger partial charge is 0.506 e. The van der Waals surface area contributed by atoms with Gasteiger partial charge in [0.25, 0.3) is 0 Å². The van der Waals surface area contributed by atoms with Crippen LogP contribution in [0, 0.1) is 0 Å². The van der Waals surface area contributed by atoms with E-state index in [4.69, 9.17) is 4.74 Å². The van der Waals surface area contributed by atoms with Crippen LogP contribution in [-0.2, 0) is 0 Å². The molecule has 1 aromatic heterocycles. The molecule has 0 unspecified atom stereocenters. The van der Waals surface area contributed by atoms with Crippen LogP contribution in [0.4, 0.5) is 0 Å². The van der Waals surface area contributed by atoms with E-state index < -0.39 is 0 Å². The van der Waals surface area contributed by atoms with Gasteiger partial charge in [-0.15, -0.1) is 0 Å². The third-order valence-electron chi connectivity index (χ3n) is 3.57. The number of fused-ring (bicyclic) bond motifs is 1. The zero-order chi connectivity index (χ0) is 16.2. The molecule has 0 aliphatic heterocycles. The molecule has 0 spiro atoms. The van der Waals surface area contributed by atoms with Gasteiger partial charge in [0.15, 0.2) is 5.78 Å². The topological polar surface area (TPSA) is 59.4 Å². The molecule has 0 fully saturated rings. The normalized spacial score (nSPS) is 11.0. The van der Waals surface area contributed by atoms with E-state index in [0.717, 1.165) is 10.9 Å². The molecule has 0 saturated carbocycles. The summed E-state index contributed by atoms with van der Waals surface area (Å²) in [5, 5.41) is 10.6. The number of methoxy groups -OCH3 is 1. The van der Waals surface area contributed by atoms with Gasteiger partial charge in [0, 0.05) is 17.1 Å². The first kappa shape index (κ1) is 14.8. The molecular formula is C19H15NO3. The summed E-state index contributed by atoms with van der Waals surface area (Å²) >= 11 is 0. The number of nitrogens with zero attached hydrogens (tertiary/aromatic N) is 1. The third kappa shape index (κ3) is 3.06. The summed E-state index contributed by atoms with van der Waals surface area (Å²) < 4.78 is 5.08. The Morgan fingerprint density at radius 1 is 1.13 bits per heavy atom. The summed E-state index contributed by atoms with van der Waals surface area (Å²) in [4.78, 5) is 16.4. The number of rotatable bonds is 4. The van der Waals surface area contributed by atoms with Crippen LogP contribution in [0.25, 0.3) is 17.0 Å². The molecule has 0 radical (unpaired) electrons. The summed E-state index contributed by atoms with van der Waals surface area (Å²) in [6, 6.07) is 13.9. The molecule has 2 aromatic carbocycles. The Labute approximate surface area is 133 Å². The van der Waals surface area contributed by atoms with Gasteiger partial charge in [-0.1, -0.05) is 18.2 Å². The summed E-state index contributed by atoms with van der Waals surface area (Å²) in [6.07, 6.45) is 4.87. The van der Waals surface area contributed by atoms with Gasteiger partial charge in [-0.05, 0) is 48.0 Å². The molecule has 23 heavy (non-hydrogen) atoms. The average molecular weight is 305 g/mol. The van der Waals surface area contributed by atoms with Gasteiger partial charge in [-0.2, -0.15) is 0 Å². The van der Waals surface area contributed by atoms with Crippen molar-refractivity contribution < 1.29 is 14.6 Å². The van der Waals surface area contributed by atoms with Crippen molar-refractivity contribution in [3.05, 3.63) is 71.9 Å². The van der Waals surface area contributed by atoms with E-state index >= 15 is 0 Å². The predicted octanol–water partition coefficient (Wildman–Crippen LogP) is 3.85. The van der Waals surface area contributed by atoms with E-state index in [-0.39, 0.29) is 11.5 Å². The summed E-state index contributed by atoms with van der Waals surface area (Å²) in [6.45, 7) is 0. The lowest BCUT2D eigenvalue weighted by Crippen LogP contribution is -1.94. The van der Waals surface area contributed by atoms with Crippen LogP contribution in [0.15, 0.2) is 60.8 Å². The first-order valence-corrected chi connectivity index (χ1v) is 7.12. The van der Waals surface area contributed by atoms with Crippen LogP contribution < -0.4 is 4.74 Å².